The summed E-state index contributed by atoms with van der Waals surface area (Å²) in [5.41, 5.74) is 3.93. The van der Waals surface area contributed by atoms with Crippen molar-refractivity contribution in [1.29, 1.82) is 0 Å². The number of carbonyl (C=O) groups is 1. The number of nitrogens with zero attached hydrogens (tertiary/aromatic N) is 5. The zero-order valence-corrected chi connectivity index (χ0v) is 18.7. The molecule has 2 aromatic heterocycles. The first-order chi connectivity index (χ1) is 15.6. The topological polar surface area (TPSA) is 61.7 Å². The number of hydrogen-bond acceptors (Lipinski definition) is 5. The Balaban J connectivity index is 1.41. The van der Waals surface area contributed by atoms with Crippen molar-refractivity contribution in [3.8, 4) is 0 Å². The molecule has 32 heavy (non-hydrogen) atoms. The summed E-state index contributed by atoms with van der Waals surface area (Å²) in [5.74, 6) is 1.73. The fraction of sp³-hybridized carbons (Fsp3) is 0.385. The molecule has 0 spiro atoms. The Labute approximate surface area is 189 Å². The molecule has 0 aliphatic carbocycles. The molecule has 2 aliphatic heterocycles. The van der Waals surface area contributed by atoms with Crippen LogP contribution in [-0.4, -0.2) is 60.2 Å². The number of amides is 1. The first kappa shape index (κ1) is 20.6. The second kappa shape index (κ2) is 8.69. The van der Waals surface area contributed by atoms with Gasteiger partial charge in [-0.2, -0.15) is 0 Å². The maximum absolute atomic E-state index is 13.3. The molecular formula is C26H29N5O. The van der Waals surface area contributed by atoms with E-state index in [1.54, 1.807) is 13.2 Å². The molecule has 164 valence electrons. The lowest BCUT2D eigenvalue weighted by atomic mass is 9.83. The second-order valence-corrected chi connectivity index (χ2v) is 9.02. The molecular weight excluding hydrogens is 398 g/mol. The predicted octanol–water partition coefficient (Wildman–Crippen LogP) is 4.15. The molecule has 3 aromatic rings. The van der Waals surface area contributed by atoms with E-state index in [1.807, 2.05) is 35.5 Å². The quantitative estimate of drug-likeness (QED) is 0.587. The number of aromatic nitrogens is 2. The molecule has 2 aliphatic rings. The highest BCUT2D eigenvalue weighted by atomic mass is 16.2. The van der Waals surface area contributed by atoms with Gasteiger partial charge in [0.25, 0.3) is 5.91 Å². The number of likely N-dealkylation sites (tertiary alicyclic amines) is 1. The summed E-state index contributed by atoms with van der Waals surface area (Å²) in [5, 5.41) is 1.15. The van der Waals surface area contributed by atoms with Crippen molar-refractivity contribution in [3.05, 3.63) is 65.5 Å². The molecule has 6 nitrogen and oxygen atoms in total. The third kappa shape index (κ3) is 3.85. The van der Waals surface area contributed by atoms with Gasteiger partial charge in [-0.1, -0.05) is 25.1 Å². The Hall–Kier alpha value is -3.28. The number of piperidine rings is 1. The van der Waals surface area contributed by atoms with Crippen molar-refractivity contribution in [3.63, 3.8) is 0 Å². The minimum Gasteiger partial charge on any atom is -0.356 e. The normalized spacial score (nSPS) is 21.2. The van der Waals surface area contributed by atoms with Crippen molar-refractivity contribution in [1.82, 2.24) is 14.9 Å². The lowest BCUT2D eigenvalue weighted by Gasteiger charge is -2.37. The molecule has 0 radical (unpaired) electrons. The predicted molar refractivity (Wildman–Crippen MR) is 129 cm³/mol. The van der Waals surface area contributed by atoms with Gasteiger partial charge in [0, 0.05) is 68.7 Å². The summed E-state index contributed by atoms with van der Waals surface area (Å²) in [6.07, 6.45) is 7.69. The second-order valence-electron chi connectivity index (χ2n) is 9.02. The van der Waals surface area contributed by atoms with Gasteiger partial charge >= 0.3 is 0 Å². The van der Waals surface area contributed by atoms with E-state index in [4.69, 9.17) is 0 Å². The molecule has 1 amide bonds. The largest absolute Gasteiger partial charge is 0.356 e. The zero-order chi connectivity index (χ0) is 22.1. The van der Waals surface area contributed by atoms with Crippen molar-refractivity contribution < 1.29 is 4.79 Å². The number of fused-ring (bicyclic) bond motifs is 1. The van der Waals surface area contributed by atoms with Crippen LogP contribution in [0.15, 0.2) is 53.8 Å². The summed E-state index contributed by atoms with van der Waals surface area (Å²) in [7, 11) is 1.78. The van der Waals surface area contributed by atoms with E-state index in [1.165, 1.54) is 12.0 Å². The van der Waals surface area contributed by atoms with Gasteiger partial charge in [-0.3, -0.25) is 14.8 Å². The van der Waals surface area contributed by atoms with Gasteiger partial charge < -0.3 is 9.80 Å². The van der Waals surface area contributed by atoms with Crippen LogP contribution >= 0.6 is 0 Å². The van der Waals surface area contributed by atoms with E-state index in [0.29, 0.717) is 18.0 Å². The Bertz CT molecular complexity index is 1150. The minimum absolute atomic E-state index is 0.0707. The smallest absolute Gasteiger partial charge is 0.255 e. The van der Waals surface area contributed by atoms with Crippen molar-refractivity contribution >= 4 is 28.8 Å². The van der Waals surface area contributed by atoms with Crippen LogP contribution in [-0.2, 0) is 0 Å². The number of aliphatic imine (C=N–C) groups is 1. The molecule has 2 atom stereocenters. The minimum atomic E-state index is 0.0707. The highest BCUT2D eigenvalue weighted by molar-refractivity contribution is 5.99. The van der Waals surface area contributed by atoms with Crippen molar-refractivity contribution in [2.45, 2.75) is 25.7 Å². The number of hydrogen-bond donors (Lipinski definition) is 0. The third-order valence-electron chi connectivity index (χ3n) is 6.66. The van der Waals surface area contributed by atoms with E-state index < -0.39 is 0 Å². The summed E-state index contributed by atoms with van der Waals surface area (Å²) in [4.78, 5) is 30.9. The summed E-state index contributed by atoms with van der Waals surface area (Å²) < 4.78 is 0. The van der Waals surface area contributed by atoms with Crippen LogP contribution in [0.25, 0.3) is 10.9 Å². The van der Waals surface area contributed by atoms with E-state index in [2.05, 4.69) is 45.0 Å². The fourth-order valence-corrected chi connectivity index (χ4v) is 4.99. The molecule has 6 heteroatoms. The van der Waals surface area contributed by atoms with Gasteiger partial charge in [0.1, 0.15) is 5.82 Å². The van der Waals surface area contributed by atoms with Crippen LogP contribution in [0, 0.1) is 5.92 Å². The van der Waals surface area contributed by atoms with Gasteiger partial charge in [0.05, 0.1) is 11.1 Å². The summed E-state index contributed by atoms with van der Waals surface area (Å²) in [6, 6.07) is 12.3. The number of rotatable bonds is 4. The van der Waals surface area contributed by atoms with E-state index >= 15 is 0 Å². The third-order valence-corrected chi connectivity index (χ3v) is 6.66. The van der Waals surface area contributed by atoms with Gasteiger partial charge in [-0.25, -0.2) is 4.98 Å². The average molecular weight is 428 g/mol. The number of anilines is 1. The highest BCUT2D eigenvalue weighted by Crippen LogP contribution is 2.35. The van der Waals surface area contributed by atoms with E-state index in [9.17, 15) is 4.79 Å². The fourth-order valence-electron chi connectivity index (χ4n) is 4.99. The Morgan fingerprint density at radius 1 is 1.12 bits per heavy atom. The highest BCUT2D eigenvalue weighted by Gasteiger charge is 2.30. The molecule has 5 rings (SSSR count). The zero-order valence-electron chi connectivity index (χ0n) is 18.7. The van der Waals surface area contributed by atoms with Crippen LogP contribution in [0.2, 0.25) is 0 Å². The maximum atomic E-state index is 13.3. The Kier molecular flexibility index (Phi) is 5.60. The molecule has 1 aromatic carbocycles. The molecule has 4 heterocycles. The molecule has 0 N–H and O–H groups in total. The molecule has 0 bridgehead atoms. The molecule has 0 saturated carbocycles. The van der Waals surface area contributed by atoms with Gasteiger partial charge in [-0.05, 0) is 42.5 Å². The van der Waals surface area contributed by atoms with Crippen LogP contribution in [0.4, 0.5) is 5.82 Å². The van der Waals surface area contributed by atoms with Crippen LogP contribution in [0.1, 0.15) is 47.2 Å². The van der Waals surface area contributed by atoms with Crippen molar-refractivity contribution in [2.24, 2.45) is 10.9 Å². The van der Waals surface area contributed by atoms with Gasteiger partial charge in [-0.15, -0.1) is 0 Å². The summed E-state index contributed by atoms with van der Waals surface area (Å²) >= 11 is 0. The molecule has 0 unspecified atom stereocenters. The van der Waals surface area contributed by atoms with E-state index in [0.717, 1.165) is 48.3 Å². The van der Waals surface area contributed by atoms with Gasteiger partial charge in [0.2, 0.25) is 0 Å². The monoisotopic (exact) mass is 427 g/mol. The molecule has 2 fully saturated rings. The molecule has 2 saturated heterocycles. The maximum Gasteiger partial charge on any atom is 0.255 e. The summed E-state index contributed by atoms with van der Waals surface area (Å²) in [6.45, 7) is 5.83. The van der Waals surface area contributed by atoms with Crippen LogP contribution in [0.5, 0.6) is 0 Å². The van der Waals surface area contributed by atoms with Crippen LogP contribution in [0.3, 0.4) is 0 Å². The van der Waals surface area contributed by atoms with Crippen LogP contribution < -0.4 is 4.90 Å². The Morgan fingerprint density at radius 2 is 2.00 bits per heavy atom. The average Bonchev–Trinajstić information content (AvgIpc) is 2.78. The standard InChI is InChI=1S/C26H29N5O/c1-18-13-21(22-8-6-19(14-27-2)25-23(22)5-3-10-28-25)17-31(16-18)26(32)20-7-9-24(29-15-20)30-11-4-12-30/h3,5-10,14-15,18,21H,4,11-13,16-17H2,1-2H3/b27-14-/t18-,21+/m1/s1. The van der Waals surface area contributed by atoms with Gasteiger partial charge in [0.15, 0.2) is 0 Å². The van der Waals surface area contributed by atoms with E-state index in [-0.39, 0.29) is 11.8 Å². The lowest BCUT2D eigenvalue weighted by Crippen LogP contribution is -2.42. The number of pyridine rings is 2. The SMILES string of the molecule is C/N=C\c1ccc([C@H]2C[C@@H](C)CN(C(=O)c3ccc(N4CCC4)nc3)C2)c2cccnc12. The number of benzene rings is 1. The van der Waals surface area contributed by atoms with Crippen molar-refractivity contribution in [2.75, 3.05) is 38.1 Å². The Morgan fingerprint density at radius 3 is 2.72 bits per heavy atom. The lowest BCUT2D eigenvalue weighted by molar-refractivity contribution is 0.0658. The first-order valence-corrected chi connectivity index (χ1v) is 11.4. The number of carbonyl (C=O) groups excluding carboxylic acids is 1. The first-order valence-electron chi connectivity index (χ1n) is 11.4.